The standard InChI is InChI=1S/C9H16BrNO3/c1-3-7(8(12)5-10)6-11-9(13)14-4-2/h7H,3-6H2,1-2H3,(H,11,13). The summed E-state index contributed by atoms with van der Waals surface area (Å²) in [6.07, 6.45) is 0.255. The van der Waals surface area contributed by atoms with E-state index >= 15 is 0 Å². The molecule has 0 saturated carbocycles. The Bertz CT molecular complexity index is 196. The van der Waals surface area contributed by atoms with Gasteiger partial charge in [0.1, 0.15) is 5.78 Å². The highest BCUT2D eigenvalue weighted by atomic mass is 79.9. The molecule has 4 nitrogen and oxygen atoms in total. The highest BCUT2D eigenvalue weighted by Gasteiger charge is 2.15. The zero-order valence-electron chi connectivity index (χ0n) is 8.51. The fraction of sp³-hybridized carbons (Fsp3) is 0.778. The molecule has 0 aromatic heterocycles. The molecule has 82 valence electrons. The Morgan fingerprint density at radius 1 is 1.43 bits per heavy atom. The number of nitrogens with one attached hydrogen (secondary N) is 1. The first-order chi connectivity index (χ1) is 6.65. The molecule has 0 aromatic rings. The Kier molecular flexibility index (Phi) is 7.47. The minimum absolute atomic E-state index is 0.101. The van der Waals surface area contributed by atoms with Gasteiger partial charge in [-0.05, 0) is 13.3 Å². The maximum atomic E-state index is 11.3. The number of hydrogen-bond donors (Lipinski definition) is 1. The molecule has 0 radical (unpaired) electrons. The van der Waals surface area contributed by atoms with E-state index in [2.05, 4.69) is 26.0 Å². The summed E-state index contributed by atoms with van der Waals surface area (Å²) in [4.78, 5) is 22.2. The topological polar surface area (TPSA) is 55.4 Å². The smallest absolute Gasteiger partial charge is 0.407 e. The first-order valence-electron chi connectivity index (χ1n) is 4.64. The van der Waals surface area contributed by atoms with Gasteiger partial charge in [-0.25, -0.2) is 4.79 Å². The zero-order chi connectivity index (χ0) is 11.0. The fourth-order valence-electron chi connectivity index (χ4n) is 0.984. The molecule has 0 aliphatic carbocycles. The van der Waals surface area contributed by atoms with Gasteiger partial charge in [0.25, 0.3) is 0 Å². The van der Waals surface area contributed by atoms with Crippen molar-refractivity contribution in [1.29, 1.82) is 0 Å². The average molecular weight is 266 g/mol. The van der Waals surface area contributed by atoms with Crippen LogP contribution in [0.2, 0.25) is 0 Å². The van der Waals surface area contributed by atoms with E-state index in [4.69, 9.17) is 0 Å². The number of Topliss-reactive ketones (excluding diaryl/α,β-unsaturated/α-hetero) is 1. The van der Waals surface area contributed by atoms with E-state index in [0.717, 1.165) is 6.42 Å². The molecule has 0 saturated heterocycles. The second-order valence-corrected chi connectivity index (χ2v) is 3.37. The van der Waals surface area contributed by atoms with Crippen LogP contribution in [0, 0.1) is 5.92 Å². The second kappa shape index (κ2) is 7.79. The molecule has 5 heteroatoms. The van der Waals surface area contributed by atoms with E-state index in [0.29, 0.717) is 18.5 Å². The molecule has 1 atom stereocenters. The Hall–Kier alpha value is -0.580. The lowest BCUT2D eigenvalue weighted by Gasteiger charge is -2.12. The lowest BCUT2D eigenvalue weighted by Crippen LogP contribution is -2.33. The molecule has 1 N–H and O–H groups in total. The van der Waals surface area contributed by atoms with E-state index in [1.807, 2.05) is 6.92 Å². The van der Waals surface area contributed by atoms with Crippen molar-refractivity contribution in [1.82, 2.24) is 5.32 Å². The number of halogens is 1. The highest BCUT2D eigenvalue weighted by Crippen LogP contribution is 2.04. The Morgan fingerprint density at radius 2 is 2.07 bits per heavy atom. The predicted octanol–water partition coefficient (Wildman–Crippen LogP) is 1.72. The summed E-state index contributed by atoms with van der Waals surface area (Å²) in [5, 5.41) is 2.88. The summed E-state index contributed by atoms with van der Waals surface area (Å²) in [5.74, 6) is -0.0249. The minimum Gasteiger partial charge on any atom is -0.450 e. The van der Waals surface area contributed by atoms with Crippen molar-refractivity contribution in [2.24, 2.45) is 5.92 Å². The van der Waals surface area contributed by atoms with Crippen LogP contribution in [-0.4, -0.2) is 30.4 Å². The maximum Gasteiger partial charge on any atom is 0.407 e. The van der Waals surface area contributed by atoms with Crippen LogP contribution >= 0.6 is 15.9 Å². The number of carbonyl (C=O) groups is 2. The van der Waals surface area contributed by atoms with Crippen LogP contribution in [0.4, 0.5) is 4.79 Å². The van der Waals surface area contributed by atoms with Crippen LogP contribution in [0.1, 0.15) is 20.3 Å². The van der Waals surface area contributed by atoms with Gasteiger partial charge in [0.05, 0.1) is 11.9 Å². The third-order valence-corrected chi connectivity index (χ3v) is 2.40. The monoisotopic (exact) mass is 265 g/mol. The molecule has 0 aliphatic rings. The van der Waals surface area contributed by atoms with Crippen molar-refractivity contribution in [3.8, 4) is 0 Å². The Morgan fingerprint density at radius 3 is 2.50 bits per heavy atom. The number of carbonyl (C=O) groups excluding carboxylic acids is 2. The molecular weight excluding hydrogens is 250 g/mol. The number of amides is 1. The summed E-state index contributed by atoms with van der Waals surface area (Å²) in [6.45, 7) is 4.34. The van der Waals surface area contributed by atoms with E-state index < -0.39 is 6.09 Å². The molecule has 14 heavy (non-hydrogen) atoms. The number of ketones is 1. The van der Waals surface area contributed by atoms with Gasteiger partial charge in [0.15, 0.2) is 0 Å². The average Bonchev–Trinajstić information content (AvgIpc) is 2.18. The van der Waals surface area contributed by atoms with Crippen molar-refractivity contribution >= 4 is 27.8 Å². The van der Waals surface area contributed by atoms with Crippen molar-refractivity contribution < 1.29 is 14.3 Å². The van der Waals surface area contributed by atoms with Gasteiger partial charge in [-0.1, -0.05) is 22.9 Å². The fourth-order valence-corrected chi connectivity index (χ4v) is 1.44. The highest BCUT2D eigenvalue weighted by molar-refractivity contribution is 9.09. The van der Waals surface area contributed by atoms with Crippen LogP contribution in [-0.2, 0) is 9.53 Å². The molecule has 1 unspecified atom stereocenters. The van der Waals surface area contributed by atoms with E-state index in [1.54, 1.807) is 6.92 Å². The predicted molar refractivity (Wildman–Crippen MR) is 57.6 cm³/mol. The second-order valence-electron chi connectivity index (χ2n) is 2.81. The lowest BCUT2D eigenvalue weighted by atomic mass is 10.0. The Labute approximate surface area is 92.5 Å². The lowest BCUT2D eigenvalue weighted by molar-refractivity contribution is -0.120. The van der Waals surface area contributed by atoms with Crippen LogP contribution in [0.5, 0.6) is 0 Å². The van der Waals surface area contributed by atoms with Gasteiger partial charge in [-0.2, -0.15) is 0 Å². The number of hydrogen-bond acceptors (Lipinski definition) is 3. The largest absolute Gasteiger partial charge is 0.450 e. The number of alkyl halides is 1. The number of alkyl carbamates (subject to hydrolysis) is 1. The third kappa shape index (κ3) is 5.21. The quantitative estimate of drug-likeness (QED) is 0.745. The van der Waals surface area contributed by atoms with Gasteiger partial charge in [0.2, 0.25) is 0 Å². The molecule has 0 spiro atoms. The van der Waals surface area contributed by atoms with Gasteiger partial charge in [-0.15, -0.1) is 0 Å². The molecule has 0 rings (SSSR count). The molecule has 0 aliphatic heterocycles. The van der Waals surface area contributed by atoms with Crippen LogP contribution < -0.4 is 5.32 Å². The van der Waals surface area contributed by atoms with Crippen molar-refractivity contribution in [2.75, 3.05) is 18.5 Å². The molecule has 0 heterocycles. The van der Waals surface area contributed by atoms with E-state index in [1.165, 1.54) is 0 Å². The summed E-state index contributed by atoms with van der Waals surface area (Å²) >= 11 is 3.10. The minimum atomic E-state index is -0.465. The van der Waals surface area contributed by atoms with E-state index in [-0.39, 0.29) is 11.7 Å². The number of ether oxygens (including phenoxy) is 1. The summed E-state index contributed by atoms with van der Waals surface area (Å²) in [5.41, 5.74) is 0. The molecule has 1 amide bonds. The summed E-state index contributed by atoms with van der Waals surface area (Å²) in [6, 6.07) is 0. The van der Waals surface area contributed by atoms with Crippen molar-refractivity contribution in [3.63, 3.8) is 0 Å². The van der Waals surface area contributed by atoms with Crippen LogP contribution in [0.3, 0.4) is 0 Å². The Balaban J connectivity index is 3.83. The third-order valence-electron chi connectivity index (χ3n) is 1.85. The number of rotatable bonds is 6. The van der Waals surface area contributed by atoms with Crippen molar-refractivity contribution in [2.45, 2.75) is 20.3 Å². The van der Waals surface area contributed by atoms with Gasteiger partial charge in [0, 0.05) is 12.5 Å². The van der Waals surface area contributed by atoms with Crippen LogP contribution in [0.25, 0.3) is 0 Å². The first kappa shape index (κ1) is 13.4. The van der Waals surface area contributed by atoms with E-state index in [9.17, 15) is 9.59 Å². The molecule has 0 fully saturated rings. The molecule has 0 aromatic carbocycles. The zero-order valence-corrected chi connectivity index (χ0v) is 10.1. The van der Waals surface area contributed by atoms with Gasteiger partial charge < -0.3 is 10.1 Å². The summed E-state index contributed by atoms with van der Waals surface area (Å²) < 4.78 is 4.68. The first-order valence-corrected chi connectivity index (χ1v) is 5.77. The molecule has 0 bridgehead atoms. The van der Waals surface area contributed by atoms with Crippen molar-refractivity contribution in [3.05, 3.63) is 0 Å². The van der Waals surface area contributed by atoms with Crippen LogP contribution in [0.15, 0.2) is 0 Å². The SMILES string of the molecule is CCOC(=O)NCC(CC)C(=O)CBr. The maximum absolute atomic E-state index is 11.3. The normalized spacial score (nSPS) is 11.9. The van der Waals surface area contributed by atoms with Gasteiger partial charge >= 0.3 is 6.09 Å². The summed E-state index contributed by atoms with van der Waals surface area (Å²) in [7, 11) is 0. The van der Waals surface area contributed by atoms with Gasteiger partial charge in [-0.3, -0.25) is 4.79 Å². The molecular formula is C9H16BrNO3.